The summed E-state index contributed by atoms with van der Waals surface area (Å²) >= 11 is 1.70. The van der Waals surface area contributed by atoms with Crippen LogP contribution in [-0.4, -0.2) is 53.4 Å². The lowest BCUT2D eigenvalue weighted by molar-refractivity contribution is -0.130. The molecule has 0 saturated carbocycles. The van der Waals surface area contributed by atoms with Crippen molar-refractivity contribution in [3.05, 3.63) is 29.8 Å². The van der Waals surface area contributed by atoms with Gasteiger partial charge in [-0.1, -0.05) is 0 Å². The lowest BCUT2D eigenvalue weighted by atomic mass is 10.00. The van der Waals surface area contributed by atoms with Gasteiger partial charge in [-0.05, 0) is 37.1 Å². The zero-order valence-corrected chi connectivity index (χ0v) is 14.2. The molecule has 3 rings (SSSR count). The van der Waals surface area contributed by atoms with Crippen molar-refractivity contribution in [1.82, 2.24) is 4.90 Å². The Labute approximate surface area is 145 Å². The number of hydrogen-bond acceptors (Lipinski definition) is 5. The zero-order valence-electron chi connectivity index (χ0n) is 13.4. The highest BCUT2D eigenvalue weighted by molar-refractivity contribution is 7.99. The van der Waals surface area contributed by atoms with Crippen LogP contribution < -0.4 is 10.6 Å². The van der Waals surface area contributed by atoms with Gasteiger partial charge in [-0.15, -0.1) is 0 Å². The number of amides is 2. The summed E-state index contributed by atoms with van der Waals surface area (Å²) in [5.41, 5.74) is 6.91. The summed E-state index contributed by atoms with van der Waals surface area (Å²) in [5, 5.41) is 8.90. The normalized spacial score (nSPS) is 25.3. The minimum Gasteiger partial charge on any atom is -0.368 e. The number of piperidine rings is 1. The average Bonchev–Trinajstić information content (AvgIpc) is 2.62. The summed E-state index contributed by atoms with van der Waals surface area (Å²) in [6.45, 7) is 1.36. The van der Waals surface area contributed by atoms with Gasteiger partial charge < -0.3 is 10.6 Å². The monoisotopic (exact) mass is 344 g/mol. The molecular formula is C17H20N4O2S. The van der Waals surface area contributed by atoms with Gasteiger partial charge in [0.25, 0.3) is 0 Å². The van der Waals surface area contributed by atoms with Gasteiger partial charge in [-0.2, -0.15) is 17.0 Å². The Morgan fingerprint density at radius 1 is 1.29 bits per heavy atom. The summed E-state index contributed by atoms with van der Waals surface area (Å²) in [7, 11) is 0. The summed E-state index contributed by atoms with van der Waals surface area (Å²) in [6.07, 6.45) is 1.63. The van der Waals surface area contributed by atoms with Crippen LogP contribution >= 0.6 is 11.8 Å². The molecule has 2 saturated heterocycles. The molecule has 2 fully saturated rings. The van der Waals surface area contributed by atoms with Crippen LogP contribution in [0.4, 0.5) is 5.69 Å². The second-order valence-corrected chi connectivity index (χ2v) is 7.19. The summed E-state index contributed by atoms with van der Waals surface area (Å²) in [6, 6.07) is 8.45. The van der Waals surface area contributed by atoms with Crippen molar-refractivity contribution in [1.29, 1.82) is 5.26 Å². The molecule has 0 radical (unpaired) electrons. The number of nitrogens with two attached hydrogens (primary N) is 1. The van der Waals surface area contributed by atoms with Crippen LogP contribution in [0, 0.1) is 11.3 Å². The van der Waals surface area contributed by atoms with Gasteiger partial charge in [0.2, 0.25) is 11.8 Å². The van der Waals surface area contributed by atoms with E-state index in [2.05, 4.69) is 6.07 Å². The van der Waals surface area contributed by atoms with Crippen LogP contribution in [0.5, 0.6) is 0 Å². The third-order valence-electron chi connectivity index (χ3n) is 4.62. The van der Waals surface area contributed by atoms with Crippen molar-refractivity contribution in [2.75, 3.05) is 29.5 Å². The van der Waals surface area contributed by atoms with E-state index in [-0.39, 0.29) is 23.9 Å². The van der Waals surface area contributed by atoms with Crippen molar-refractivity contribution in [3.63, 3.8) is 0 Å². The van der Waals surface area contributed by atoms with Crippen molar-refractivity contribution in [3.8, 4) is 6.07 Å². The number of nitriles is 1. The van der Waals surface area contributed by atoms with E-state index in [9.17, 15) is 9.59 Å². The molecule has 2 aliphatic heterocycles. The molecule has 1 aromatic carbocycles. The van der Waals surface area contributed by atoms with Gasteiger partial charge in [0.05, 0.1) is 23.7 Å². The van der Waals surface area contributed by atoms with Gasteiger partial charge in [-0.25, -0.2) is 0 Å². The molecule has 2 amide bonds. The Morgan fingerprint density at radius 3 is 2.71 bits per heavy atom. The fourth-order valence-corrected chi connectivity index (χ4v) is 4.46. The van der Waals surface area contributed by atoms with Crippen LogP contribution in [0.1, 0.15) is 18.4 Å². The maximum absolute atomic E-state index is 13.0. The number of primary amides is 1. The Bertz CT molecular complexity index is 670. The van der Waals surface area contributed by atoms with E-state index in [1.807, 2.05) is 4.90 Å². The third-order valence-corrected chi connectivity index (χ3v) is 5.64. The number of nitrogens with zero attached hydrogens (tertiary/aromatic N) is 3. The average molecular weight is 344 g/mol. The molecule has 2 atom stereocenters. The number of rotatable bonds is 3. The molecule has 0 aromatic heterocycles. The van der Waals surface area contributed by atoms with Crippen molar-refractivity contribution >= 4 is 29.3 Å². The highest BCUT2D eigenvalue weighted by atomic mass is 32.2. The smallest absolute Gasteiger partial charge is 0.244 e. The van der Waals surface area contributed by atoms with Crippen LogP contribution in [0.25, 0.3) is 0 Å². The fourth-order valence-electron chi connectivity index (χ4n) is 3.37. The lowest BCUT2D eigenvalue weighted by Gasteiger charge is -2.43. The highest BCUT2D eigenvalue weighted by Gasteiger charge is 2.40. The molecule has 7 heteroatoms. The van der Waals surface area contributed by atoms with Crippen LogP contribution in [-0.2, 0) is 9.59 Å². The number of carbonyl (C=O) groups is 2. The van der Waals surface area contributed by atoms with Crippen molar-refractivity contribution in [2.24, 2.45) is 5.73 Å². The third kappa shape index (κ3) is 3.25. The van der Waals surface area contributed by atoms with E-state index in [0.717, 1.165) is 24.3 Å². The van der Waals surface area contributed by atoms with E-state index in [1.165, 1.54) is 0 Å². The second kappa shape index (κ2) is 7.24. The Hall–Kier alpha value is -2.04. The Kier molecular flexibility index (Phi) is 5.07. The predicted octanol–water partition coefficient (Wildman–Crippen LogP) is 0.956. The first-order chi connectivity index (χ1) is 11.6. The zero-order chi connectivity index (χ0) is 17.1. The van der Waals surface area contributed by atoms with E-state index in [1.54, 1.807) is 40.9 Å². The van der Waals surface area contributed by atoms with E-state index >= 15 is 0 Å². The number of hydrogen-bond donors (Lipinski definition) is 1. The molecule has 1 aromatic rings. The maximum Gasteiger partial charge on any atom is 0.244 e. The van der Waals surface area contributed by atoms with Crippen molar-refractivity contribution in [2.45, 2.75) is 24.9 Å². The topological polar surface area (TPSA) is 90.4 Å². The van der Waals surface area contributed by atoms with E-state index < -0.39 is 0 Å². The Balaban J connectivity index is 1.81. The molecule has 2 heterocycles. The standard InChI is InChI=1S/C17H20N4O2S/c18-10-12-3-5-13(6-4-12)20-7-1-2-14(17(20)23)21-8-9-24-11-15(21)16(19)22/h3-6,14-15H,1-2,7-9,11H2,(H2,19,22)/t14-,15+/m1/s1. The predicted molar refractivity (Wildman–Crippen MR) is 93.5 cm³/mol. The summed E-state index contributed by atoms with van der Waals surface area (Å²) in [4.78, 5) is 28.5. The molecular weight excluding hydrogens is 324 g/mol. The van der Waals surface area contributed by atoms with E-state index in [4.69, 9.17) is 11.0 Å². The molecule has 0 unspecified atom stereocenters. The molecule has 0 bridgehead atoms. The van der Waals surface area contributed by atoms with Gasteiger partial charge in [0.15, 0.2) is 0 Å². The van der Waals surface area contributed by atoms with Gasteiger partial charge in [0.1, 0.15) is 0 Å². The first-order valence-electron chi connectivity index (χ1n) is 8.06. The SMILES string of the molecule is N#Cc1ccc(N2CCC[C@@H](N3CCSC[C@H]3C(N)=O)C2=O)cc1. The number of anilines is 1. The van der Waals surface area contributed by atoms with E-state index in [0.29, 0.717) is 24.4 Å². The minimum atomic E-state index is -0.376. The first-order valence-corrected chi connectivity index (χ1v) is 9.21. The molecule has 0 aliphatic carbocycles. The maximum atomic E-state index is 13.0. The molecule has 0 spiro atoms. The van der Waals surface area contributed by atoms with Gasteiger partial charge >= 0.3 is 0 Å². The van der Waals surface area contributed by atoms with Crippen LogP contribution in [0.15, 0.2) is 24.3 Å². The van der Waals surface area contributed by atoms with Crippen LogP contribution in [0.2, 0.25) is 0 Å². The lowest BCUT2D eigenvalue weighted by Crippen LogP contribution is -2.60. The molecule has 2 aliphatic rings. The second-order valence-electron chi connectivity index (χ2n) is 6.04. The number of thioether (sulfide) groups is 1. The summed E-state index contributed by atoms with van der Waals surface area (Å²) < 4.78 is 0. The molecule has 6 nitrogen and oxygen atoms in total. The quantitative estimate of drug-likeness (QED) is 0.882. The number of carbonyl (C=O) groups excluding carboxylic acids is 2. The largest absolute Gasteiger partial charge is 0.368 e. The molecule has 126 valence electrons. The van der Waals surface area contributed by atoms with Gasteiger partial charge in [-0.3, -0.25) is 14.5 Å². The highest BCUT2D eigenvalue weighted by Crippen LogP contribution is 2.28. The fraction of sp³-hybridized carbons (Fsp3) is 0.471. The summed E-state index contributed by atoms with van der Waals surface area (Å²) in [5.74, 6) is 1.22. The Morgan fingerprint density at radius 2 is 2.04 bits per heavy atom. The number of benzene rings is 1. The minimum absolute atomic E-state index is 0.0177. The molecule has 2 N–H and O–H groups in total. The first kappa shape index (κ1) is 16.8. The van der Waals surface area contributed by atoms with Gasteiger partial charge in [0, 0.05) is 30.3 Å². The van der Waals surface area contributed by atoms with Crippen molar-refractivity contribution < 1.29 is 9.59 Å². The molecule has 24 heavy (non-hydrogen) atoms. The van der Waals surface area contributed by atoms with Crippen LogP contribution in [0.3, 0.4) is 0 Å².